The van der Waals surface area contributed by atoms with E-state index >= 15 is 0 Å². The molecule has 3 rings (SSSR count). The Morgan fingerprint density at radius 1 is 1.29 bits per heavy atom. The summed E-state index contributed by atoms with van der Waals surface area (Å²) in [5.41, 5.74) is 0.104. The highest BCUT2D eigenvalue weighted by atomic mass is 16.4. The first-order valence-electron chi connectivity index (χ1n) is 7.96. The minimum atomic E-state index is -0.917. The first-order valence-corrected chi connectivity index (χ1v) is 7.96. The van der Waals surface area contributed by atoms with E-state index in [-0.39, 0.29) is 18.1 Å². The normalized spacial score (nSPS) is 20.8. The van der Waals surface area contributed by atoms with Crippen LogP contribution in [0.4, 0.5) is 0 Å². The topological polar surface area (TPSA) is 83.6 Å². The van der Waals surface area contributed by atoms with E-state index in [4.69, 9.17) is 4.42 Å². The summed E-state index contributed by atoms with van der Waals surface area (Å²) in [5.74, 6) is -0.312. The number of carbonyl (C=O) groups excluding carboxylic acids is 1. The van der Waals surface area contributed by atoms with Gasteiger partial charge in [0.1, 0.15) is 0 Å². The van der Waals surface area contributed by atoms with Gasteiger partial charge in [0, 0.05) is 25.6 Å². The smallest absolute Gasteiger partial charge is 0.311 e. The van der Waals surface area contributed by atoms with E-state index in [9.17, 15) is 14.7 Å². The molecule has 2 aromatic rings. The minimum Gasteiger partial charge on any atom is -0.481 e. The van der Waals surface area contributed by atoms with Crippen molar-refractivity contribution in [1.29, 1.82) is 0 Å². The van der Waals surface area contributed by atoms with Gasteiger partial charge in [0.25, 0.3) is 5.91 Å². The first-order chi connectivity index (χ1) is 11.4. The molecule has 1 saturated heterocycles. The molecule has 1 atom stereocenters. The van der Waals surface area contributed by atoms with Crippen LogP contribution in [0.15, 0.2) is 34.7 Å². The molecule has 126 valence electrons. The van der Waals surface area contributed by atoms with Crippen molar-refractivity contribution in [1.82, 2.24) is 9.88 Å². The van der Waals surface area contributed by atoms with E-state index in [0.717, 1.165) is 5.56 Å². The van der Waals surface area contributed by atoms with Gasteiger partial charge in [-0.3, -0.25) is 9.59 Å². The third-order valence-corrected chi connectivity index (χ3v) is 4.47. The van der Waals surface area contributed by atoms with E-state index < -0.39 is 11.4 Å². The number of benzene rings is 1. The Morgan fingerprint density at radius 3 is 2.67 bits per heavy atom. The number of oxazole rings is 1. The van der Waals surface area contributed by atoms with Crippen LogP contribution < -0.4 is 0 Å². The number of aliphatic carboxylic acids is 1. The number of piperidine rings is 1. The molecule has 1 N–H and O–H groups in total. The van der Waals surface area contributed by atoms with Crippen LogP contribution in [0.5, 0.6) is 0 Å². The number of amides is 1. The highest BCUT2D eigenvalue weighted by Gasteiger charge is 2.40. The van der Waals surface area contributed by atoms with Crippen molar-refractivity contribution in [2.75, 3.05) is 13.1 Å². The van der Waals surface area contributed by atoms with Crippen LogP contribution in [0.25, 0.3) is 11.3 Å². The molecule has 0 bridgehead atoms. The second-order valence-electron chi connectivity index (χ2n) is 6.47. The van der Waals surface area contributed by atoms with E-state index in [2.05, 4.69) is 4.98 Å². The van der Waals surface area contributed by atoms with E-state index in [1.165, 1.54) is 0 Å². The number of hydrogen-bond acceptors (Lipinski definition) is 4. The van der Waals surface area contributed by atoms with E-state index in [1.54, 1.807) is 18.7 Å². The fourth-order valence-corrected chi connectivity index (χ4v) is 3.09. The monoisotopic (exact) mass is 328 g/mol. The number of aromatic nitrogens is 1. The van der Waals surface area contributed by atoms with Crippen molar-refractivity contribution in [3.05, 3.63) is 41.9 Å². The molecule has 1 unspecified atom stereocenters. The molecule has 1 amide bonds. The average molecular weight is 328 g/mol. The molecule has 1 aliphatic heterocycles. The van der Waals surface area contributed by atoms with Crippen LogP contribution in [0.3, 0.4) is 0 Å². The Bertz CT molecular complexity index is 769. The lowest BCUT2D eigenvalue weighted by Gasteiger charge is -2.37. The summed E-state index contributed by atoms with van der Waals surface area (Å²) in [6.45, 7) is 4.09. The zero-order chi connectivity index (χ0) is 17.3. The molecule has 0 aliphatic carbocycles. The maximum Gasteiger partial charge on any atom is 0.311 e. The Kier molecular flexibility index (Phi) is 4.13. The van der Waals surface area contributed by atoms with Crippen LogP contribution >= 0.6 is 0 Å². The summed E-state index contributed by atoms with van der Waals surface area (Å²) in [7, 11) is 0. The highest BCUT2D eigenvalue weighted by Crippen LogP contribution is 2.32. The summed E-state index contributed by atoms with van der Waals surface area (Å²) in [6, 6.07) is 9.33. The summed E-state index contributed by atoms with van der Waals surface area (Å²) in [5, 5.41) is 9.43. The fraction of sp³-hybridized carbons (Fsp3) is 0.389. The van der Waals surface area contributed by atoms with Crippen LogP contribution in [-0.2, 0) is 4.79 Å². The second kappa shape index (κ2) is 6.11. The number of likely N-dealkylation sites (tertiary alicyclic amines) is 1. The fourth-order valence-electron chi connectivity index (χ4n) is 3.09. The zero-order valence-corrected chi connectivity index (χ0v) is 13.8. The Hall–Kier alpha value is -2.63. The van der Waals surface area contributed by atoms with Gasteiger partial charge in [-0.25, -0.2) is 4.98 Å². The maximum absolute atomic E-state index is 12.9. The SMILES string of the molecule is Cc1nc(C(=O)N2CCCC(C)(C(=O)O)C2)c(-c2ccccc2)o1. The lowest BCUT2D eigenvalue weighted by atomic mass is 9.82. The van der Waals surface area contributed by atoms with Crippen molar-refractivity contribution >= 4 is 11.9 Å². The van der Waals surface area contributed by atoms with Gasteiger partial charge in [-0.15, -0.1) is 0 Å². The number of hydrogen-bond donors (Lipinski definition) is 1. The molecular formula is C18H20N2O4. The summed E-state index contributed by atoms with van der Waals surface area (Å²) in [6.07, 6.45) is 1.22. The van der Waals surface area contributed by atoms with Crippen molar-refractivity contribution in [3.8, 4) is 11.3 Å². The van der Waals surface area contributed by atoms with Gasteiger partial charge < -0.3 is 14.4 Å². The Labute approximate surface area is 140 Å². The average Bonchev–Trinajstić information content (AvgIpc) is 2.97. The maximum atomic E-state index is 12.9. The lowest BCUT2D eigenvalue weighted by molar-refractivity contribution is -0.150. The number of rotatable bonds is 3. The molecule has 2 heterocycles. The molecule has 1 fully saturated rings. The van der Waals surface area contributed by atoms with Crippen molar-refractivity contribution in [2.24, 2.45) is 5.41 Å². The number of nitrogens with zero attached hydrogens (tertiary/aromatic N) is 2. The standard InChI is InChI=1S/C18H20N2O4/c1-12-19-14(15(24-12)13-7-4-3-5-8-13)16(21)20-10-6-9-18(2,11-20)17(22)23/h3-5,7-8H,6,9-11H2,1-2H3,(H,22,23). The van der Waals surface area contributed by atoms with Gasteiger partial charge >= 0.3 is 5.97 Å². The van der Waals surface area contributed by atoms with Crippen molar-refractivity contribution in [2.45, 2.75) is 26.7 Å². The predicted octanol–water partition coefficient (Wildman–Crippen LogP) is 2.98. The summed E-state index contributed by atoms with van der Waals surface area (Å²) in [4.78, 5) is 30.2. The van der Waals surface area contributed by atoms with Gasteiger partial charge in [0.15, 0.2) is 17.3 Å². The van der Waals surface area contributed by atoms with Gasteiger partial charge in [0.05, 0.1) is 5.41 Å². The lowest BCUT2D eigenvalue weighted by Crippen LogP contribution is -2.48. The molecule has 1 aliphatic rings. The number of aryl methyl sites for hydroxylation is 1. The van der Waals surface area contributed by atoms with Gasteiger partial charge in [-0.1, -0.05) is 30.3 Å². The molecule has 1 aromatic carbocycles. The van der Waals surface area contributed by atoms with Crippen LogP contribution in [-0.4, -0.2) is 40.0 Å². The van der Waals surface area contributed by atoms with E-state index in [1.807, 2.05) is 30.3 Å². The molecule has 0 spiro atoms. The Morgan fingerprint density at radius 2 is 2.00 bits per heavy atom. The molecular weight excluding hydrogens is 308 g/mol. The number of carboxylic acid groups (broad SMARTS) is 1. The summed E-state index contributed by atoms with van der Waals surface area (Å²) >= 11 is 0. The van der Waals surface area contributed by atoms with Gasteiger partial charge in [0.2, 0.25) is 0 Å². The van der Waals surface area contributed by atoms with Crippen molar-refractivity contribution in [3.63, 3.8) is 0 Å². The first kappa shape index (κ1) is 16.2. The Balaban J connectivity index is 1.92. The van der Waals surface area contributed by atoms with E-state index in [0.29, 0.717) is 31.0 Å². The molecule has 6 nitrogen and oxygen atoms in total. The zero-order valence-electron chi connectivity index (χ0n) is 13.8. The second-order valence-corrected chi connectivity index (χ2v) is 6.47. The van der Waals surface area contributed by atoms with Crippen LogP contribution in [0.2, 0.25) is 0 Å². The van der Waals surface area contributed by atoms with Crippen LogP contribution in [0, 0.1) is 12.3 Å². The summed E-state index contributed by atoms with van der Waals surface area (Å²) < 4.78 is 5.64. The largest absolute Gasteiger partial charge is 0.481 e. The highest BCUT2D eigenvalue weighted by molar-refractivity contribution is 5.98. The molecule has 24 heavy (non-hydrogen) atoms. The molecule has 0 saturated carbocycles. The quantitative estimate of drug-likeness (QED) is 0.936. The van der Waals surface area contributed by atoms with Crippen LogP contribution in [0.1, 0.15) is 36.1 Å². The third-order valence-electron chi connectivity index (χ3n) is 4.47. The third kappa shape index (κ3) is 2.91. The predicted molar refractivity (Wildman–Crippen MR) is 87.6 cm³/mol. The molecule has 6 heteroatoms. The van der Waals surface area contributed by atoms with Gasteiger partial charge in [-0.05, 0) is 19.8 Å². The van der Waals surface area contributed by atoms with Crippen molar-refractivity contribution < 1.29 is 19.1 Å². The number of carbonyl (C=O) groups is 2. The molecule has 1 aromatic heterocycles. The van der Waals surface area contributed by atoms with Gasteiger partial charge in [-0.2, -0.15) is 0 Å². The molecule has 0 radical (unpaired) electrons. The minimum absolute atomic E-state index is 0.182. The number of carboxylic acids is 1.